The van der Waals surface area contributed by atoms with Gasteiger partial charge in [-0.1, -0.05) is 38.8 Å². The summed E-state index contributed by atoms with van der Waals surface area (Å²) in [5, 5.41) is 15.2. The van der Waals surface area contributed by atoms with Gasteiger partial charge < -0.3 is 15.7 Å². The lowest BCUT2D eigenvalue weighted by molar-refractivity contribution is -0.120. The first-order chi connectivity index (χ1) is 10.0. The topological polar surface area (TPSA) is 61.4 Å². The maximum absolute atomic E-state index is 11.9. The summed E-state index contributed by atoms with van der Waals surface area (Å²) in [7, 11) is 0. The van der Waals surface area contributed by atoms with E-state index in [1.807, 2.05) is 31.2 Å². The van der Waals surface area contributed by atoms with Crippen molar-refractivity contribution < 1.29 is 9.90 Å². The molecule has 0 aliphatic carbocycles. The number of nitrogens with one attached hydrogen (secondary N) is 2. The minimum absolute atomic E-state index is 0.00134. The second-order valence-corrected chi connectivity index (χ2v) is 6.01. The van der Waals surface area contributed by atoms with Crippen molar-refractivity contribution in [2.45, 2.75) is 52.7 Å². The quantitative estimate of drug-likeness (QED) is 0.656. The van der Waals surface area contributed by atoms with Gasteiger partial charge in [-0.2, -0.15) is 0 Å². The number of carbonyl (C=O) groups is 1. The van der Waals surface area contributed by atoms with Gasteiger partial charge >= 0.3 is 0 Å². The van der Waals surface area contributed by atoms with Crippen molar-refractivity contribution in [2.24, 2.45) is 5.92 Å². The minimum Gasteiger partial charge on any atom is -0.392 e. The van der Waals surface area contributed by atoms with Gasteiger partial charge in [0, 0.05) is 11.7 Å². The summed E-state index contributed by atoms with van der Waals surface area (Å²) in [6.45, 7) is 6.74. The van der Waals surface area contributed by atoms with Crippen molar-refractivity contribution in [1.82, 2.24) is 5.32 Å². The number of hydrogen-bond donors (Lipinski definition) is 3. The maximum atomic E-state index is 11.9. The SMILES string of the molecule is CC(C)CCCC(C)NC(=O)CNc1cccc(CO)c1. The molecule has 1 unspecified atom stereocenters. The van der Waals surface area contributed by atoms with E-state index in [0.717, 1.165) is 24.1 Å². The Morgan fingerprint density at radius 2 is 2.00 bits per heavy atom. The number of hydrogen-bond acceptors (Lipinski definition) is 3. The normalized spacial score (nSPS) is 12.2. The Kier molecular flexibility index (Phi) is 7.83. The van der Waals surface area contributed by atoms with Crippen LogP contribution in [0.15, 0.2) is 24.3 Å². The maximum Gasteiger partial charge on any atom is 0.239 e. The van der Waals surface area contributed by atoms with Crippen molar-refractivity contribution in [3.8, 4) is 0 Å². The minimum atomic E-state index is 0.00134. The zero-order chi connectivity index (χ0) is 15.7. The summed E-state index contributed by atoms with van der Waals surface area (Å²) in [6, 6.07) is 7.65. The fourth-order valence-corrected chi connectivity index (χ4v) is 2.19. The van der Waals surface area contributed by atoms with Crippen LogP contribution >= 0.6 is 0 Å². The van der Waals surface area contributed by atoms with E-state index in [1.54, 1.807) is 0 Å². The molecule has 0 heterocycles. The molecule has 0 aliphatic heterocycles. The molecule has 1 atom stereocenters. The van der Waals surface area contributed by atoms with E-state index in [0.29, 0.717) is 5.92 Å². The predicted octanol–water partition coefficient (Wildman–Crippen LogP) is 2.92. The lowest BCUT2D eigenvalue weighted by Gasteiger charge is -2.15. The highest BCUT2D eigenvalue weighted by Gasteiger charge is 2.07. The Hall–Kier alpha value is -1.55. The largest absolute Gasteiger partial charge is 0.392 e. The van der Waals surface area contributed by atoms with Crippen LogP contribution in [0.3, 0.4) is 0 Å². The Labute approximate surface area is 128 Å². The van der Waals surface area contributed by atoms with Gasteiger partial charge in [0.25, 0.3) is 0 Å². The number of aliphatic hydroxyl groups excluding tert-OH is 1. The molecule has 0 fully saturated rings. The zero-order valence-electron chi connectivity index (χ0n) is 13.4. The van der Waals surface area contributed by atoms with Crippen LogP contribution in [0.2, 0.25) is 0 Å². The Balaban J connectivity index is 2.26. The highest BCUT2D eigenvalue weighted by molar-refractivity contribution is 5.80. The van der Waals surface area contributed by atoms with Crippen LogP contribution in [0.5, 0.6) is 0 Å². The van der Waals surface area contributed by atoms with Gasteiger partial charge in [-0.3, -0.25) is 4.79 Å². The van der Waals surface area contributed by atoms with Gasteiger partial charge in [0.05, 0.1) is 13.2 Å². The molecule has 118 valence electrons. The highest BCUT2D eigenvalue weighted by atomic mass is 16.3. The molecule has 0 aromatic heterocycles. The van der Waals surface area contributed by atoms with Gasteiger partial charge in [0.15, 0.2) is 0 Å². The third-order valence-corrected chi connectivity index (χ3v) is 3.39. The molecule has 0 saturated carbocycles. The first kappa shape index (κ1) is 17.5. The molecule has 0 spiro atoms. The lowest BCUT2D eigenvalue weighted by atomic mass is 10.0. The molecule has 0 radical (unpaired) electrons. The van der Waals surface area contributed by atoms with Crippen molar-refractivity contribution in [1.29, 1.82) is 0 Å². The zero-order valence-corrected chi connectivity index (χ0v) is 13.4. The fraction of sp³-hybridized carbons (Fsp3) is 0.588. The fourth-order valence-electron chi connectivity index (χ4n) is 2.19. The Bertz CT molecular complexity index is 433. The molecule has 21 heavy (non-hydrogen) atoms. The molecule has 1 amide bonds. The van der Waals surface area contributed by atoms with Crippen LogP contribution in [0.4, 0.5) is 5.69 Å². The number of carbonyl (C=O) groups excluding carboxylic acids is 1. The summed E-state index contributed by atoms with van der Waals surface area (Å²) >= 11 is 0. The van der Waals surface area contributed by atoms with Crippen LogP contribution in [-0.4, -0.2) is 23.6 Å². The van der Waals surface area contributed by atoms with Gasteiger partial charge in [-0.15, -0.1) is 0 Å². The van der Waals surface area contributed by atoms with Crippen molar-refractivity contribution in [3.05, 3.63) is 29.8 Å². The summed E-state index contributed by atoms with van der Waals surface area (Å²) in [5.74, 6) is 0.717. The van der Waals surface area contributed by atoms with Gasteiger partial charge in [0.1, 0.15) is 0 Å². The van der Waals surface area contributed by atoms with Crippen LogP contribution in [-0.2, 0) is 11.4 Å². The standard InChI is InChI=1S/C17H28N2O2/c1-13(2)6-4-7-14(3)19-17(21)11-18-16-9-5-8-15(10-16)12-20/h5,8-10,13-14,18,20H,4,6-7,11-12H2,1-3H3,(H,19,21). The number of aliphatic hydroxyl groups is 1. The van der Waals surface area contributed by atoms with E-state index in [-0.39, 0.29) is 25.1 Å². The predicted molar refractivity (Wildman–Crippen MR) is 87.1 cm³/mol. The summed E-state index contributed by atoms with van der Waals surface area (Å²) in [4.78, 5) is 11.9. The van der Waals surface area contributed by atoms with Crippen LogP contribution in [0, 0.1) is 5.92 Å². The second-order valence-electron chi connectivity index (χ2n) is 6.01. The van der Waals surface area contributed by atoms with E-state index in [9.17, 15) is 4.79 Å². The number of anilines is 1. The van der Waals surface area contributed by atoms with Gasteiger partial charge in [0.2, 0.25) is 5.91 Å². The van der Waals surface area contributed by atoms with Gasteiger partial charge in [-0.05, 0) is 37.0 Å². The lowest BCUT2D eigenvalue weighted by Crippen LogP contribution is -2.36. The molecule has 1 aromatic rings. The van der Waals surface area contributed by atoms with Crippen LogP contribution in [0.1, 0.15) is 45.6 Å². The smallest absolute Gasteiger partial charge is 0.239 e. The molecule has 0 saturated heterocycles. The average Bonchev–Trinajstić information content (AvgIpc) is 2.45. The summed E-state index contributed by atoms with van der Waals surface area (Å²) in [6.07, 6.45) is 3.36. The van der Waals surface area contributed by atoms with Crippen LogP contribution < -0.4 is 10.6 Å². The highest BCUT2D eigenvalue weighted by Crippen LogP contribution is 2.10. The molecule has 0 aliphatic rings. The van der Waals surface area contributed by atoms with Crippen molar-refractivity contribution in [3.63, 3.8) is 0 Å². The first-order valence-electron chi connectivity index (χ1n) is 7.74. The van der Waals surface area contributed by atoms with E-state index in [4.69, 9.17) is 5.11 Å². The molecular formula is C17H28N2O2. The number of rotatable bonds is 9. The van der Waals surface area contributed by atoms with Crippen molar-refractivity contribution in [2.75, 3.05) is 11.9 Å². The number of amides is 1. The van der Waals surface area contributed by atoms with E-state index in [2.05, 4.69) is 24.5 Å². The molecular weight excluding hydrogens is 264 g/mol. The second kappa shape index (κ2) is 9.40. The van der Waals surface area contributed by atoms with Gasteiger partial charge in [-0.25, -0.2) is 0 Å². The van der Waals surface area contributed by atoms with E-state index >= 15 is 0 Å². The molecule has 3 N–H and O–H groups in total. The molecule has 0 bridgehead atoms. The third-order valence-electron chi connectivity index (χ3n) is 3.39. The van der Waals surface area contributed by atoms with Crippen LogP contribution in [0.25, 0.3) is 0 Å². The van der Waals surface area contributed by atoms with Crippen molar-refractivity contribution >= 4 is 11.6 Å². The average molecular weight is 292 g/mol. The van der Waals surface area contributed by atoms with E-state index < -0.39 is 0 Å². The first-order valence-corrected chi connectivity index (χ1v) is 7.74. The molecule has 1 rings (SSSR count). The summed E-state index contributed by atoms with van der Waals surface area (Å²) in [5.41, 5.74) is 1.69. The van der Waals surface area contributed by atoms with E-state index in [1.165, 1.54) is 6.42 Å². The Morgan fingerprint density at radius 3 is 2.67 bits per heavy atom. The third kappa shape index (κ3) is 7.71. The molecule has 1 aromatic carbocycles. The summed E-state index contributed by atoms with van der Waals surface area (Å²) < 4.78 is 0. The number of benzene rings is 1. The monoisotopic (exact) mass is 292 g/mol. The molecule has 4 heteroatoms. The Morgan fingerprint density at radius 1 is 1.24 bits per heavy atom. The molecule has 4 nitrogen and oxygen atoms in total.